The van der Waals surface area contributed by atoms with Gasteiger partial charge in [-0.15, -0.1) is 0 Å². The maximum absolute atomic E-state index is 12.9. The molecule has 25 heavy (non-hydrogen) atoms. The van der Waals surface area contributed by atoms with Gasteiger partial charge in [-0.1, -0.05) is 0 Å². The predicted octanol–water partition coefficient (Wildman–Crippen LogP) is 0.777. The highest BCUT2D eigenvalue weighted by Crippen LogP contribution is 2.29. The van der Waals surface area contributed by atoms with E-state index >= 15 is 0 Å². The molecular weight excluding hydrogens is 368 g/mol. The molecular formula is C15H22N2O6S2. The Hall–Kier alpha value is -1.49. The highest BCUT2D eigenvalue weighted by atomic mass is 32.2. The topological polar surface area (TPSA) is 121 Å². The minimum absolute atomic E-state index is 0.00375. The Morgan fingerprint density at radius 1 is 1.24 bits per heavy atom. The van der Waals surface area contributed by atoms with Crippen molar-refractivity contribution < 1.29 is 26.7 Å². The van der Waals surface area contributed by atoms with Gasteiger partial charge >= 0.3 is 5.97 Å². The van der Waals surface area contributed by atoms with E-state index in [1.54, 1.807) is 6.92 Å². The van der Waals surface area contributed by atoms with E-state index in [0.29, 0.717) is 18.4 Å². The summed E-state index contributed by atoms with van der Waals surface area (Å²) in [5.41, 5.74) is 0.301. The number of aryl methyl sites for hydroxylation is 1. The van der Waals surface area contributed by atoms with E-state index in [2.05, 4.69) is 4.72 Å². The maximum Gasteiger partial charge on any atom is 0.307 e. The SMILES string of the molecule is CNS(=O)(=O)c1ccc(S(=O)(=O)N2CC(C(=O)O)CCC2C)cc1C. The van der Waals surface area contributed by atoms with Crippen molar-refractivity contribution in [3.8, 4) is 0 Å². The number of sulfonamides is 2. The predicted molar refractivity (Wildman–Crippen MR) is 91.1 cm³/mol. The molecule has 0 aromatic heterocycles. The average molecular weight is 390 g/mol. The van der Waals surface area contributed by atoms with Gasteiger partial charge in [-0.3, -0.25) is 4.79 Å². The van der Waals surface area contributed by atoms with E-state index in [0.717, 1.165) is 0 Å². The molecule has 10 heteroatoms. The van der Waals surface area contributed by atoms with Crippen molar-refractivity contribution in [1.82, 2.24) is 9.03 Å². The first kappa shape index (κ1) is 19.8. The molecule has 2 unspecified atom stereocenters. The van der Waals surface area contributed by atoms with Crippen LogP contribution in [0.15, 0.2) is 28.0 Å². The van der Waals surface area contributed by atoms with E-state index < -0.39 is 31.9 Å². The number of rotatable bonds is 5. The number of carbonyl (C=O) groups is 1. The second-order valence-corrected chi connectivity index (χ2v) is 9.92. The van der Waals surface area contributed by atoms with Gasteiger partial charge in [-0.05, 0) is 57.5 Å². The van der Waals surface area contributed by atoms with Crippen LogP contribution >= 0.6 is 0 Å². The smallest absolute Gasteiger partial charge is 0.307 e. The lowest BCUT2D eigenvalue weighted by atomic mass is 9.96. The largest absolute Gasteiger partial charge is 0.481 e. The summed E-state index contributed by atoms with van der Waals surface area (Å²) in [4.78, 5) is 11.2. The quantitative estimate of drug-likeness (QED) is 0.766. The summed E-state index contributed by atoms with van der Waals surface area (Å²) in [6.45, 7) is 3.17. The maximum atomic E-state index is 12.9. The molecule has 1 heterocycles. The van der Waals surface area contributed by atoms with Gasteiger partial charge in [0.25, 0.3) is 0 Å². The molecule has 0 amide bonds. The van der Waals surface area contributed by atoms with E-state index in [-0.39, 0.29) is 22.4 Å². The fourth-order valence-electron chi connectivity index (χ4n) is 2.94. The number of nitrogens with one attached hydrogen (secondary N) is 1. The average Bonchev–Trinajstić information content (AvgIpc) is 2.54. The molecule has 2 rings (SSSR count). The second-order valence-electron chi connectivity index (χ2n) is 6.17. The number of carboxylic acids is 1. The van der Waals surface area contributed by atoms with E-state index in [9.17, 15) is 26.7 Å². The molecule has 1 aromatic carbocycles. The second kappa shape index (κ2) is 7.02. The van der Waals surface area contributed by atoms with E-state index in [1.165, 1.54) is 36.5 Å². The van der Waals surface area contributed by atoms with Crippen molar-refractivity contribution in [2.45, 2.75) is 42.5 Å². The van der Waals surface area contributed by atoms with Gasteiger partial charge in [0.2, 0.25) is 20.0 Å². The Morgan fingerprint density at radius 3 is 2.40 bits per heavy atom. The minimum Gasteiger partial charge on any atom is -0.481 e. The Bertz CT molecular complexity index is 879. The van der Waals surface area contributed by atoms with Crippen LogP contribution in [0.3, 0.4) is 0 Å². The van der Waals surface area contributed by atoms with Crippen LogP contribution in [-0.2, 0) is 24.8 Å². The molecule has 0 aliphatic carbocycles. The summed E-state index contributed by atoms with van der Waals surface area (Å²) in [5, 5.41) is 9.18. The fraction of sp³-hybridized carbons (Fsp3) is 0.533. The molecule has 8 nitrogen and oxygen atoms in total. The molecule has 1 fully saturated rings. The molecule has 1 aliphatic rings. The van der Waals surface area contributed by atoms with Crippen LogP contribution in [0.25, 0.3) is 0 Å². The molecule has 2 atom stereocenters. The third-order valence-electron chi connectivity index (χ3n) is 4.49. The van der Waals surface area contributed by atoms with Gasteiger partial charge in [0.05, 0.1) is 15.7 Å². The van der Waals surface area contributed by atoms with Gasteiger partial charge in [-0.2, -0.15) is 4.31 Å². The first-order valence-corrected chi connectivity index (χ1v) is 10.7. The molecule has 2 N–H and O–H groups in total. The zero-order chi connectivity index (χ0) is 19.0. The number of nitrogens with zero attached hydrogens (tertiary/aromatic N) is 1. The molecule has 140 valence electrons. The highest BCUT2D eigenvalue weighted by Gasteiger charge is 2.37. The van der Waals surface area contributed by atoms with Crippen LogP contribution in [-0.4, -0.2) is 51.9 Å². The molecule has 1 saturated heterocycles. The van der Waals surface area contributed by atoms with Crippen molar-refractivity contribution in [3.05, 3.63) is 23.8 Å². The third-order valence-corrected chi connectivity index (χ3v) is 8.04. The van der Waals surface area contributed by atoms with Gasteiger partial charge in [0.15, 0.2) is 0 Å². The van der Waals surface area contributed by atoms with Crippen molar-refractivity contribution in [2.75, 3.05) is 13.6 Å². The van der Waals surface area contributed by atoms with Crippen molar-refractivity contribution in [2.24, 2.45) is 5.92 Å². The Balaban J connectivity index is 2.42. The normalized spacial score (nSPS) is 22.7. The zero-order valence-corrected chi connectivity index (χ0v) is 15.9. The summed E-state index contributed by atoms with van der Waals surface area (Å²) in [6, 6.07) is 3.47. The lowest BCUT2D eigenvalue weighted by Crippen LogP contribution is -2.47. The summed E-state index contributed by atoms with van der Waals surface area (Å²) in [7, 11) is -6.32. The van der Waals surface area contributed by atoms with Crippen LogP contribution < -0.4 is 4.72 Å². The lowest BCUT2D eigenvalue weighted by Gasteiger charge is -2.35. The van der Waals surface area contributed by atoms with Crippen molar-refractivity contribution in [3.63, 3.8) is 0 Å². The number of piperidine rings is 1. The van der Waals surface area contributed by atoms with E-state index in [1.807, 2.05) is 0 Å². The molecule has 0 saturated carbocycles. The van der Waals surface area contributed by atoms with Gasteiger partial charge < -0.3 is 5.11 Å². The number of benzene rings is 1. The number of carboxylic acid groups (broad SMARTS) is 1. The van der Waals surface area contributed by atoms with Crippen LogP contribution in [0.4, 0.5) is 0 Å². The molecule has 1 aliphatic heterocycles. The molecule has 0 radical (unpaired) electrons. The van der Waals surface area contributed by atoms with Gasteiger partial charge in [-0.25, -0.2) is 21.6 Å². The zero-order valence-electron chi connectivity index (χ0n) is 14.3. The summed E-state index contributed by atoms with van der Waals surface area (Å²) in [6.07, 6.45) is 0.891. The first-order valence-electron chi connectivity index (χ1n) is 7.79. The molecule has 0 spiro atoms. The Labute approximate surface area is 147 Å². The third kappa shape index (κ3) is 3.86. The summed E-state index contributed by atoms with van der Waals surface area (Å²) < 4.78 is 53.1. The monoisotopic (exact) mass is 390 g/mol. The van der Waals surface area contributed by atoms with E-state index in [4.69, 9.17) is 0 Å². The number of hydrogen-bond donors (Lipinski definition) is 2. The number of hydrogen-bond acceptors (Lipinski definition) is 5. The first-order chi connectivity index (χ1) is 11.5. The summed E-state index contributed by atoms with van der Waals surface area (Å²) in [5.74, 6) is -1.75. The summed E-state index contributed by atoms with van der Waals surface area (Å²) >= 11 is 0. The highest BCUT2D eigenvalue weighted by molar-refractivity contribution is 7.89. The molecule has 0 bridgehead atoms. The molecule has 1 aromatic rings. The van der Waals surface area contributed by atoms with Crippen molar-refractivity contribution in [1.29, 1.82) is 0 Å². The minimum atomic E-state index is -3.91. The van der Waals surface area contributed by atoms with Crippen LogP contribution in [0, 0.1) is 12.8 Å². The fourth-order valence-corrected chi connectivity index (χ4v) is 5.68. The van der Waals surface area contributed by atoms with Crippen LogP contribution in [0.5, 0.6) is 0 Å². The van der Waals surface area contributed by atoms with Crippen LogP contribution in [0.1, 0.15) is 25.3 Å². The van der Waals surface area contributed by atoms with Gasteiger partial charge in [0, 0.05) is 12.6 Å². The standard InChI is InChI=1S/C15H22N2O6S2/c1-10-8-13(6-7-14(10)24(20,21)16-3)25(22,23)17-9-12(15(18)19)5-4-11(17)2/h6-8,11-12,16H,4-5,9H2,1-3H3,(H,18,19). The Kier molecular flexibility index (Phi) is 5.57. The Morgan fingerprint density at radius 2 is 1.88 bits per heavy atom. The van der Waals surface area contributed by atoms with Gasteiger partial charge in [0.1, 0.15) is 0 Å². The van der Waals surface area contributed by atoms with Crippen molar-refractivity contribution >= 4 is 26.0 Å². The van der Waals surface area contributed by atoms with Crippen LogP contribution in [0.2, 0.25) is 0 Å². The number of aliphatic carboxylic acids is 1. The lowest BCUT2D eigenvalue weighted by molar-refractivity contribution is -0.143.